The van der Waals surface area contributed by atoms with Crippen molar-refractivity contribution >= 4 is 23.4 Å². The summed E-state index contributed by atoms with van der Waals surface area (Å²) in [6.07, 6.45) is 0.974. The number of epoxide rings is 1. The summed E-state index contributed by atoms with van der Waals surface area (Å²) in [5, 5.41) is 5.56. The molecule has 0 radical (unpaired) electrons. The van der Waals surface area contributed by atoms with Crippen LogP contribution in [-0.4, -0.2) is 14.8 Å². The van der Waals surface area contributed by atoms with E-state index in [4.69, 9.17) is 16.3 Å². The monoisotopic (exact) mass is 469 g/mol. The smallest absolute Gasteiger partial charge is 0.186 e. The highest BCUT2D eigenvalue weighted by atomic mass is 35.5. The van der Waals surface area contributed by atoms with Crippen molar-refractivity contribution in [3.8, 4) is 0 Å². The van der Waals surface area contributed by atoms with Gasteiger partial charge in [0.25, 0.3) is 0 Å². The molecule has 1 saturated heterocycles. The van der Waals surface area contributed by atoms with E-state index in [1.807, 2.05) is 48.5 Å². The Morgan fingerprint density at radius 2 is 1.81 bits per heavy atom. The Hall–Kier alpha value is -2.74. The Labute approximate surface area is 193 Å². The number of nitrogens with zero attached hydrogens (tertiary/aromatic N) is 3. The summed E-state index contributed by atoms with van der Waals surface area (Å²) >= 11 is 7.93. The molecule has 2 atom stereocenters. The molecule has 5 rings (SSSR count). The van der Waals surface area contributed by atoms with Crippen LogP contribution in [0.4, 0.5) is 8.78 Å². The van der Waals surface area contributed by atoms with E-state index < -0.39 is 23.3 Å². The average Bonchev–Trinajstić information content (AvgIpc) is 3.32. The highest BCUT2D eigenvalue weighted by molar-refractivity contribution is 7.98. The fourth-order valence-electron chi connectivity index (χ4n) is 3.84. The lowest BCUT2D eigenvalue weighted by Crippen LogP contribution is -2.22. The number of rotatable bonds is 7. The highest BCUT2D eigenvalue weighted by Crippen LogP contribution is 2.59. The molecule has 0 amide bonds. The molecule has 1 aromatic heterocycles. The Bertz CT molecular complexity index is 1250. The van der Waals surface area contributed by atoms with Crippen molar-refractivity contribution in [3.05, 3.63) is 112 Å². The maximum Gasteiger partial charge on any atom is 0.186 e. The van der Waals surface area contributed by atoms with Gasteiger partial charge in [-0.25, -0.2) is 18.4 Å². The van der Waals surface area contributed by atoms with Gasteiger partial charge in [0, 0.05) is 28.0 Å². The summed E-state index contributed by atoms with van der Waals surface area (Å²) in [4.78, 5) is 4.37. The van der Waals surface area contributed by atoms with E-state index in [1.165, 1.54) is 30.2 Å². The van der Waals surface area contributed by atoms with Gasteiger partial charge in [-0.2, -0.15) is 5.10 Å². The molecule has 0 spiro atoms. The molecule has 162 valence electrons. The second-order valence-corrected chi connectivity index (χ2v) is 8.86. The minimum atomic E-state index is -1.07. The van der Waals surface area contributed by atoms with E-state index in [-0.39, 0.29) is 12.1 Å². The predicted octanol–water partition coefficient (Wildman–Crippen LogP) is 6.17. The van der Waals surface area contributed by atoms with Gasteiger partial charge in [0.05, 0.1) is 6.54 Å². The molecule has 0 aliphatic carbocycles. The van der Waals surface area contributed by atoms with Crippen molar-refractivity contribution in [3.63, 3.8) is 0 Å². The summed E-state index contributed by atoms with van der Waals surface area (Å²) in [7, 11) is 0. The summed E-state index contributed by atoms with van der Waals surface area (Å²) < 4.78 is 36.3. The molecule has 0 unspecified atom stereocenters. The molecule has 0 saturated carbocycles. The summed E-state index contributed by atoms with van der Waals surface area (Å²) in [5.41, 5.74) is 1.09. The van der Waals surface area contributed by atoms with Gasteiger partial charge < -0.3 is 4.74 Å². The summed E-state index contributed by atoms with van der Waals surface area (Å²) in [6, 6.07) is 20.8. The Morgan fingerprint density at radius 1 is 1.03 bits per heavy atom. The number of hydrogen-bond donors (Lipinski definition) is 0. The predicted molar refractivity (Wildman–Crippen MR) is 119 cm³/mol. The molecule has 4 nitrogen and oxygen atoms in total. The first-order chi connectivity index (χ1) is 15.6. The number of ether oxygens (including phenoxy) is 1. The van der Waals surface area contributed by atoms with Crippen LogP contribution in [0, 0.1) is 11.6 Å². The highest BCUT2D eigenvalue weighted by Gasteiger charge is 2.61. The third-order valence-electron chi connectivity index (χ3n) is 5.44. The van der Waals surface area contributed by atoms with Crippen LogP contribution in [-0.2, 0) is 22.6 Å². The van der Waals surface area contributed by atoms with Crippen molar-refractivity contribution in [1.82, 2.24) is 14.8 Å². The molecule has 4 aromatic rings. The lowest BCUT2D eigenvalue weighted by Gasteiger charge is -2.16. The van der Waals surface area contributed by atoms with Crippen LogP contribution < -0.4 is 0 Å². The molecule has 2 heterocycles. The molecule has 3 aromatic carbocycles. The van der Waals surface area contributed by atoms with Crippen LogP contribution in [0.1, 0.15) is 22.8 Å². The molecule has 1 fully saturated rings. The van der Waals surface area contributed by atoms with Crippen LogP contribution in [0.5, 0.6) is 0 Å². The van der Waals surface area contributed by atoms with E-state index in [2.05, 4.69) is 10.1 Å². The fraction of sp³-hybridized carbons (Fsp3) is 0.167. The van der Waals surface area contributed by atoms with Gasteiger partial charge in [-0.1, -0.05) is 78.0 Å². The molecular formula is C24H18ClF2N3OS. The van der Waals surface area contributed by atoms with Gasteiger partial charge in [0.1, 0.15) is 29.7 Å². The van der Waals surface area contributed by atoms with Crippen LogP contribution in [0.25, 0.3) is 0 Å². The Balaban J connectivity index is 1.47. The summed E-state index contributed by atoms with van der Waals surface area (Å²) in [6.45, 7) is 0.211. The third-order valence-corrected chi connectivity index (χ3v) is 6.84. The zero-order chi connectivity index (χ0) is 22.1. The first-order valence-corrected chi connectivity index (χ1v) is 11.4. The lowest BCUT2D eigenvalue weighted by molar-refractivity contribution is 0.250. The van der Waals surface area contributed by atoms with Gasteiger partial charge in [0.15, 0.2) is 5.16 Å². The van der Waals surface area contributed by atoms with Crippen molar-refractivity contribution in [2.75, 3.05) is 0 Å². The molecule has 0 bridgehead atoms. The van der Waals surface area contributed by atoms with Crippen LogP contribution in [0.2, 0.25) is 5.02 Å². The zero-order valence-corrected chi connectivity index (χ0v) is 18.4. The minimum Gasteiger partial charge on any atom is -0.354 e. The zero-order valence-electron chi connectivity index (χ0n) is 16.8. The minimum absolute atomic E-state index is 0.211. The topological polar surface area (TPSA) is 43.2 Å². The standard InChI is InChI=1S/C24H18ClF2N3OS/c25-20-9-5-4-8-18(20)22-24(31-22,19-11-10-17(26)12-21(19)27)14-30-23(28-15-29-30)32-13-16-6-2-1-3-7-16/h1-12,15,22H,13-14H2/t22-,24+/m1/s1. The first-order valence-electron chi connectivity index (χ1n) is 9.99. The maximum atomic E-state index is 14.9. The number of halogens is 3. The van der Waals surface area contributed by atoms with Crippen LogP contribution in [0.15, 0.2) is 84.3 Å². The molecule has 32 heavy (non-hydrogen) atoms. The molecule has 1 aliphatic rings. The number of hydrogen-bond acceptors (Lipinski definition) is 4. The van der Waals surface area contributed by atoms with E-state index in [9.17, 15) is 8.78 Å². The van der Waals surface area contributed by atoms with E-state index in [1.54, 1.807) is 10.7 Å². The van der Waals surface area contributed by atoms with Crippen molar-refractivity contribution in [1.29, 1.82) is 0 Å². The number of thioether (sulfide) groups is 1. The molecule has 8 heteroatoms. The lowest BCUT2D eigenvalue weighted by atomic mass is 9.91. The normalized spacial score (nSPS) is 19.8. The van der Waals surface area contributed by atoms with Crippen molar-refractivity contribution < 1.29 is 13.5 Å². The Morgan fingerprint density at radius 3 is 2.59 bits per heavy atom. The number of benzene rings is 3. The van der Waals surface area contributed by atoms with E-state index in [0.717, 1.165) is 17.2 Å². The van der Waals surface area contributed by atoms with Gasteiger partial charge in [-0.3, -0.25) is 0 Å². The number of aromatic nitrogens is 3. The average molecular weight is 470 g/mol. The quantitative estimate of drug-likeness (QED) is 0.240. The second-order valence-electron chi connectivity index (χ2n) is 7.51. The largest absolute Gasteiger partial charge is 0.354 e. The van der Waals surface area contributed by atoms with Gasteiger partial charge in [-0.05, 0) is 17.7 Å². The van der Waals surface area contributed by atoms with Crippen molar-refractivity contribution in [2.45, 2.75) is 29.2 Å². The molecular weight excluding hydrogens is 452 g/mol. The fourth-order valence-corrected chi connectivity index (χ4v) is 4.95. The van der Waals surface area contributed by atoms with Crippen molar-refractivity contribution in [2.24, 2.45) is 0 Å². The Kier molecular flexibility index (Phi) is 5.71. The maximum absolute atomic E-state index is 14.9. The van der Waals surface area contributed by atoms with E-state index in [0.29, 0.717) is 15.9 Å². The second kappa shape index (κ2) is 8.65. The first kappa shape index (κ1) is 21.1. The summed E-state index contributed by atoms with van der Waals surface area (Å²) in [5.74, 6) is -0.596. The van der Waals surface area contributed by atoms with Crippen LogP contribution >= 0.6 is 23.4 Å². The molecule has 0 N–H and O–H groups in total. The molecule has 1 aliphatic heterocycles. The van der Waals surface area contributed by atoms with Crippen LogP contribution in [0.3, 0.4) is 0 Å². The van der Waals surface area contributed by atoms with Gasteiger partial charge >= 0.3 is 0 Å². The van der Waals surface area contributed by atoms with E-state index >= 15 is 0 Å². The third kappa shape index (κ3) is 4.03. The SMILES string of the molecule is Fc1ccc([C@]2(Cn3ncnc3SCc3ccccc3)O[C@@H]2c2ccccc2Cl)c(F)c1. The van der Waals surface area contributed by atoms with Gasteiger partial charge in [-0.15, -0.1) is 0 Å². The van der Waals surface area contributed by atoms with Gasteiger partial charge in [0.2, 0.25) is 0 Å².